The van der Waals surface area contributed by atoms with Gasteiger partial charge in [0.05, 0.1) is 5.56 Å². The first-order chi connectivity index (χ1) is 13.8. The Morgan fingerprint density at radius 3 is 2.61 bits per heavy atom. The number of pyridine rings is 1. The van der Waals surface area contributed by atoms with Crippen molar-refractivity contribution in [3.63, 3.8) is 0 Å². The van der Waals surface area contributed by atoms with Crippen LogP contribution < -0.4 is 10.6 Å². The number of aromatic amines is 1. The maximum absolute atomic E-state index is 12.2. The highest BCUT2D eigenvalue weighted by Gasteiger charge is 2.06. The van der Waals surface area contributed by atoms with Crippen molar-refractivity contribution in [1.82, 2.24) is 15.3 Å². The highest BCUT2D eigenvalue weighted by atomic mass is 16.1. The molecule has 0 atom stereocenters. The molecule has 4 aromatic rings. The molecule has 5 heteroatoms. The van der Waals surface area contributed by atoms with Crippen molar-refractivity contribution in [2.24, 2.45) is 0 Å². The molecule has 28 heavy (non-hydrogen) atoms. The lowest BCUT2D eigenvalue weighted by Crippen LogP contribution is -2.22. The summed E-state index contributed by atoms with van der Waals surface area (Å²) in [7, 11) is 0. The van der Waals surface area contributed by atoms with E-state index >= 15 is 0 Å². The molecule has 0 aliphatic carbocycles. The van der Waals surface area contributed by atoms with Crippen LogP contribution in [0.4, 0.5) is 5.82 Å². The summed E-state index contributed by atoms with van der Waals surface area (Å²) in [6, 6.07) is 21.8. The number of hydrogen-bond donors (Lipinski definition) is 3. The van der Waals surface area contributed by atoms with Gasteiger partial charge in [-0.3, -0.25) is 4.79 Å². The molecule has 0 saturated carbocycles. The maximum Gasteiger partial charge on any atom is 0.253 e. The number of H-pyrrole nitrogens is 1. The van der Waals surface area contributed by atoms with Crippen LogP contribution in [0.2, 0.25) is 0 Å². The van der Waals surface area contributed by atoms with Crippen LogP contribution >= 0.6 is 0 Å². The minimum absolute atomic E-state index is 0.123. The van der Waals surface area contributed by atoms with Crippen LogP contribution in [0.25, 0.3) is 10.9 Å². The molecule has 1 amide bonds. The van der Waals surface area contributed by atoms with E-state index < -0.39 is 0 Å². The first kappa shape index (κ1) is 17.8. The Hall–Kier alpha value is -3.60. The third-order valence-electron chi connectivity index (χ3n) is 4.70. The summed E-state index contributed by atoms with van der Waals surface area (Å²) in [5.74, 6) is 0.640. The Balaban J connectivity index is 1.29. The lowest BCUT2D eigenvalue weighted by molar-refractivity contribution is 0.0950. The van der Waals surface area contributed by atoms with Gasteiger partial charge in [0.1, 0.15) is 5.82 Å². The SMILES string of the molecule is O=C(NCc1ccccc1)c1ccc(NCCc2c[nH]c3ccccc23)nc1. The maximum atomic E-state index is 12.2. The van der Waals surface area contributed by atoms with Crippen molar-refractivity contribution in [3.05, 3.63) is 95.8 Å². The first-order valence-electron chi connectivity index (χ1n) is 9.36. The smallest absolute Gasteiger partial charge is 0.253 e. The number of anilines is 1. The van der Waals surface area contributed by atoms with E-state index in [-0.39, 0.29) is 5.91 Å². The molecule has 0 aliphatic heterocycles. The van der Waals surface area contributed by atoms with Gasteiger partial charge in [-0.05, 0) is 35.7 Å². The number of amides is 1. The molecule has 0 fully saturated rings. The van der Waals surface area contributed by atoms with E-state index in [0.29, 0.717) is 12.1 Å². The predicted octanol–water partition coefficient (Wildman–Crippen LogP) is 4.15. The summed E-state index contributed by atoms with van der Waals surface area (Å²) in [5, 5.41) is 7.48. The quantitative estimate of drug-likeness (QED) is 0.458. The zero-order chi connectivity index (χ0) is 19.2. The summed E-state index contributed by atoms with van der Waals surface area (Å²) >= 11 is 0. The second-order valence-electron chi connectivity index (χ2n) is 6.64. The molecule has 2 heterocycles. The fourth-order valence-electron chi connectivity index (χ4n) is 3.18. The topological polar surface area (TPSA) is 69.8 Å². The van der Waals surface area contributed by atoms with Gasteiger partial charge in [0, 0.05) is 36.4 Å². The molecule has 0 bridgehead atoms. The van der Waals surface area contributed by atoms with Gasteiger partial charge in [-0.25, -0.2) is 4.98 Å². The highest BCUT2D eigenvalue weighted by molar-refractivity contribution is 5.94. The zero-order valence-corrected chi connectivity index (χ0v) is 15.5. The number of benzene rings is 2. The average molecular weight is 370 g/mol. The molecule has 4 rings (SSSR count). The molecule has 140 valence electrons. The molecule has 0 saturated heterocycles. The first-order valence-corrected chi connectivity index (χ1v) is 9.36. The van der Waals surface area contributed by atoms with Gasteiger partial charge in [0.15, 0.2) is 0 Å². The van der Waals surface area contributed by atoms with Gasteiger partial charge in [0.2, 0.25) is 0 Å². The standard InChI is InChI=1S/C23H22N4O/c28-23(27-14-17-6-2-1-3-7-17)19-10-11-22(26-16-19)24-13-12-18-15-25-21-9-5-4-8-20(18)21/h1-11,15-16,25H,12-14H2,(H,24,26)(H,27,28). The van der Waals surface area contributed by atoms with Crippen molar-refractivity contribution in [2.45, 2.75) is 13.0 Å². The summed E-state index contributed by atoms with van der Waals surface area (Å²) in [6.07, 6.45) is 4.55. The third kappa shape index (κ3) is 4.20. The molecular formula is C23H22N4O. The number of carbonyl (C=O) groups is 1. The van der Waals surface area contributed by atoms with Crippen LogP contribution in [0.1, 0.15) is 21.5 Å². The Bertz CT molecular complexity index is 1050. The fraction of sp³-hybridized carbons (Fsp3) is 0.130. The highest BCUT2D eigenvalue weighted by Crippen LogP contribution is 2.18. The van der Waals surface area contributed by atoms with E-state index in [4.69, 9.17) is 0 Å². The van der Waals surface area contributed by atoms with Crippen LogP contribution in [0, 0.1) is 0 Å². The Morgan fingerprint density at radius 1 is 0.964 bits per heavy atom. The lowest BCUT2D eigenvalue weighted by Gasteiger charge is -2.07. The summed E-state index contributed by atoms with van der Waals surface area (Å²) in [4.78, 5) is 19.9. The molecule has 0 unspecified atom stereocenters. The van der Waals surface area contributed by atoms with Gasteiger partial charge >= 0.3 is 0 Å². The summed E-state index contributed by atoms with van der Waals surface area (Å²) < 4.78 is 0. The number of hydrogen-bond acceptors (Lipinski definition) is 3. The molecule has 2 aromatic heterocycles. The lowest BCUT2D eigenvalue weighted by atomic mass is 10.1. The van der Waals surface area contributed by atoms with Crippen LogP contribution in [0.15, 0.2) is 79.1 Å². The molecule has 0 radical (unpaired) electrons. The minimum atomic E-state index is -0.123. The number of fused-ring (bicyclic) bond motifs is 1. The van der Waals surface area contributed by atoms with Gasteiger partial charge in [-0.2, -0.15) is 0 Å². The van der Waals surface area contributed by atoms with Crippen LogP contribution in [-0.2, 0) is 13.0 Å². The Morgan fingerprint density at radius 2 is 1.79 bits per heavy atom. The van der Waals surface area contributed by atoms with E-state index in [1.807, 2.05) is 42.5 Å². The molecule has 2 aromatic carbocycles. The van der Waals surface area contributed by atoms with Crippen molar-refractivity contribution in [3.8, 4) is 0 Å². The minimum Gasteiger partial charge on any atom is -0.370 e. The molecule has 3 N–H and O–H groups in total. The van der Waals surface area contributed by atoms with E-state index in [1.165, 1.54) is 10.9 Å². The van der Waals surface area contributed by atoms with Gasteiger partial charge in [-0.1, -0.05) is 48.5 Å². The van der Waals surface area contributed by atoms with Crippen molar-refractivity contribution in [2.75, 3.05) is 11.9 Å². The molecule has 0 spiro atoms. The van der Waals surface area contributed by atoms with Crippen molar-refractivity contribution < 1.29 is 4.79 Å². The third-order valence-corrected chi connectivity index (χ3v) is 4.70. The van der Waals surface area contributed by atoms with Gasteiger partial charge in [-0.15, -0.1) is 0 Å². The number of nitrogens with one attached hydrogen (secondary N) is 3. The number of carbonyl (C=O) groups excluding carboxylic acids is 1. The average Bonchev–Trinajstić information content (AvgIpc) is 3.16. The fourth-order valence-corrected chi connectivity index (χ4v) is 3.18. The summed E-state index contributed by atoms with van der Waals surface area (Å²) in [5.41, 5.74) is 4.05. The summed E-state index contributed by atoms with van der Waals surface area (Å²) in [6.45, 7) is 1.28. The van der Waals surface area contributed by atoms with Crippen molar-refractivity contribution in [1.29, 1.82) is 0 Å². The number of aromatic nitrogens is 2. The Kier molecular flexibility index (Phi) is 5.33. The van der Waals surface area contributed by atoms with E-state index in [2.05, 4.69) is 45.0 Å². The molecule has 5 nitrogen and oxygen atoms in total. The van der Waals surface area contributed by atoms with Gasteiger partial charge in [0.25, 0.3) is 5.91 Å². The zero-order valence-electron chi connectivity index (χ0n) is 15.5. The van der Waals surface area contributed by atoms with Crippen molar-refractivity contribution >= 4 is 22.6 Å². The second-order valence-corrected chi connectivity index (χ2v) is 6.64. The van der Waals surface area contributed by atoms with Crippen LogP contribution in [-0.4, -0.2) is 22.4 Å². The number of nitrogens with zero attached hydrogens (tertiary/aromatic N) is 1. The second kappa shape index (κ2) is 8.39. The van der Waals surface area contributed by atoms with Gasteiger partial charge < -0.3 is 15.6 Å². The van der Waals surface area contributed by atoms with E-state index in [9.17, 15) is 4.79 Å². The number of para-hydroxylation sites is 1. The molecular weight excluding hydrogens is 348 g/mol. The van der Waals surface area contributed by atoms with E-state index in [1.54, 1.807) is 12.3 Å². The molecule has 0 aliphatic rings. The van der Waals surface area contributed by atoms with E-state index in [0.717, 1.165) is 29.9 Å². The Labute approximate surface area is 163 Å². The van der Waals surface area contributed by atoms with Crippen LogP contribution in [0.3, 0.4) is 0 Å². The largest absolute Gasteiger partial charge is 0.370 e. The normalized spacial score (nSPS) is 10.7. The number of rotatable bonds is 7. The predicted molar refractivity (Wildman–Crippen MR) is 112 cm³/mol. The monoisotopic (exact) mass is 370 g/mol. The van der Waals surface area contributed by atoms with Crippen LogP contribution in [0.5, 0.6) is 0 Å².